The van der Waals surface area contributed by atoms with Crippen LogP contribution < -0.4 is 10.6 Å². The van der Waals surface area contributed by atoms with Crippen LogP contribution in [0.15, 0.2) is 24.4 Å². The molecular formula is C16H24N4O. The summed E-state index contributed by atoms with van der Waals surface area (Å²) >= 11 is 0. The quantitative estimate of drug-likeness (QED) is 0.865. The van der Waals surface area contributed by atoms with Gasteiger partial charge in [0.2, 0.25) is 5.91 Å². The van der Waals surface area contributed by atoms with Crippen molar-refractivity contribution in [2.45, 2.75) is 44.3 Å². The highest BCUT2D eigenvalue weighted by Gasteiger charge is 2.26. The summed E-state index contributed by atoms with van der Waals surface area (Å²) in [7, 11) is 0. The van der Waals surface area contributed by atoms with Crippen molar-refractivity contribution >= 4 is 5.91 Å². The number of nitrogens with one attached hydrogen (secondary N) is 2. The van der Waals surface area contributed by atoms with Crippen LogP contribution >= 0.6 is 0 Å². The third-order valence-corrected chi connectivity index (χ3v) is 4.42. The topological polar surface area (TPSA) is 57.3 Å². The Kier molecular flexibility index (Phi) is 4.83. The van der Waals surface area contributed by atoms with Crippen molar-refractivity contribution in [3.8, 4) is 0 Å². The van der Waals surface area contributed by atoms with Gasteiger partial charge in [-0.15, -0.1) is 0 Å². The molecule has 2 saturated heterocycles. The van der Waals surface area contributed by atoms with E-state index < -0.39 is 0 Å². The lowest BCUT2D eigenvalue weighted by Gasteiger charge is -2.32. The minimum atomic E-state index is 0.0385. The van der Waals surface area contributed by atoms with Crippen LogP contribution in [0.25, 0.3) is 0 Å². The number of hydrogen-bond donors (Lipinski definition) is 2. The first-order valence-electron chi connectivity index (χ1n) is 7.97. The molecule has 2 N–H and O–H groups in total. The Bertz CT molecular complexity index is 451. The Labute approximate surface area is 126 Å². The Hall–Kier alpha value is -1.46. The maximum atomic E-state index is 12.1. The molecule has 0 aliphatic carbocycles. The van der Waals surface area contributed by atoms with Crippen LogP contribution in [0.5, 0.6) is 0 Å². The van der Waals surface area contributed by atoms with Gasteiger partial charge < -0.3 is 10.6 Å². The zero-order valence-electron chi connectivity index (χ0n) is 12.4. The van der Waals surface area contributed by atoms with Crippen molar-refractivity contribution in [2.24, 2.45) is 0 Å². The van der Waals surface area contributed by atoms with Gasteiger partial charge in [-0.25, -0.2) is 0 Å². The van der Waals surface area contributed by atoms with E-state index in [0.29, 0.717) is 6.04 Å². The molecule has 1 atom stereocenters. The number of hydrogen-bond acceptors (Lipinski definition) is 4. The zero-order chi connectivity index (χ0) is 14.5. The van der Waals surface area contributed by atoms with E-state index in [0.717, 1.165) is 57.6 Å². The maximum Gasteiger partial charge on any atom is 0.237 e. The van der Waals surface area contributed by atoms with Gasteiger partial charge in [0.05, 0.1) is 11.7 Å². The lowest BCUT2D eigenvalue weighted by atomic mass is 10.0. The second-order valence-corrected chi connectivity index (χ2v) is 6.03. The van der Waals surface area contributed by atoms with E-state index in [1.165, 1.54) is 0 Å². The molecule has 1 aromatic heterocycles. The number of likely N-dealkylation sites (tertiary alicyclic amines) is 1. The predicted octanol–water partition coefficient (Wildman–Crippen LogP) is 0.914. The Morgan fingerprint density at radius 3 is 2.86 bits per heavy atom. The van der Waals surface area contributed by atoms with Crippen LogP contribution in [0.4, 0.5) is 0 Å². The van der Waals surface area contributed by atoms with E-state index in [2.05, 4.69) is 26.6 Å². The first-order chi connectivity index (χ1) is 10.3. The monoisotopic (exact) mass is 288 g/mol. The molecule has 3 rings (SSSR count). The first kappa shape index (κ1) is 14.5. The number of nitrogens with zero attached hydrogens (tertiary/aromatic N) is 2. The molecule has 2 fully saturated rings. The molecule has 5 heteroatoms. The Balaban J connectivity index is 1.41. The van der Waals surface area contributed by atoms with Gasteiger partial charge in [-0.05, 0) is 44.4 Å². The van der Waals surface area contributed by atoms with E-state index in [4.69, 9.17) is 0 Å². The molecule has 0 spiro atoms. The SMILES string of the molecule is O=C(NC1CCN(Cc2ccccn2)CC1)[C@@H]1CCCN1. The van der Waals surface area contributed by atoms with E-state index in [1.807, 2.05) is 18.3 Å². The minimum absolute atomic E-state index is 0.0385. The fourth-order valence-corrected chi connectivity index (χ4v) is 3.17. The van der Waals surface area contributed by atoms with E-state index in [-0.39, 0.29) is 11.9 Å². The molecule has 2 aliphatic heterocycles. The van der Waals surface area contributed by atoms with Crippen molar-refractivity contribution in [3.63, 3.8) is 0 Å². The lowest BCUT2D eigenvalue weighted by Crippen LogP contribution is -2.49. The number of amides is 1. The number of rotatable bonds is 4. The summed E-state index contributed by atoms with van der Waals surface area (Å²) in [5.74, 6) is 0.190. The van der Waals surface area contributed by atoms with Crippen molar-refractivity contribution in [1.29, 1.82) is 0 Å². The summed E-state index contributed by atoms with van der Waals surface area (Å²) in [6, 6.07) is 6.42. The molecule has 0 aromatic carbocycles. The molecule has 0 unspecified atom stereocenters. The molecule has 2 aliphatic rings. The molecule has 0 bridgehead atoms. The van der Waals surface area contributed by atoms with Gasteiger partial charge in [-0.1, -0.05) is 6.07 Å². The third kappa shape index (κ3) is 4.02. The molecule has 114 valence electrons. The summed E-state index contributed by atoms with van der Waals surface area (Å²) < 4.78 is 0. The second kappa shape index (κ2) is 7.00. The van der Waals surface area contributed by atoms with E-state index >= 15 is 0 Å². The fraction of sp³-hybridized carbons (Fsp3) is 0.625. The first-order valence-corrected chi connectivity index (χ1v) is 7.97. The van der Waals surface area contributed by atoms with Crippen molar-refractivity contribution in [3.05, 3.63) is 30.1 Å². The molecule has 5 nitrogen and oxygen atoms in total. The van der Waals surface area contributed by atoms with Gasteiger partial charge in [0, 0.05) is 31.9 Å². The number of carbonyl (C=O) groups excluding carboxylic acids is 1. The molecule has 0 saturated carbocycles. The van der Waals surface area contributed by atoms with E-state index in [1.54, 1.807) is 0 Å². The highest BCUT2D eigenvalue weighted by atomic mass is 16.2. The van der Waals surface area contributed by atoms with Crippen LogP contribution in [-0.2, 0) is 11.3 Å². The minimum Gasteiger partial charge on any atom is -0.352 e. The fourth-order valence-electron chi connectivity index (χ4n) is 3.17. The number of aromatic nitrogens is 1. The summed E-state index contributed by atoms with van der Waals surface area (Å²) in [4.78, 5) is 18.9. The Morgan fingerprint density at radius 2 is 2.19 bits per heavy atom. The average molecular weight is 288 g/mol. The predicted molar refractivity (Wildman–Crippen MR) is 81.7 cm³/mol. The van der Waals surface area contributed by atoms with Crippen LogP contribution in [0.1, 0.15) is 31.4 Å². The van der Waals surface area contributed by atoms with Gasteiger partial charge in [0.15, 0.2) is 0 Å². The highest BCUT2D eigenvalue weighted by Crippen LogP contribution is 2.14. The lowest BCUT2D eigenvalue weighted by molar-refractivity contribution is -0.123. The standard InChI is InChI=1S/C16H24N4O/c21-16(15-5-3-9-18-15)19-13-6-10-20(11-7-13)12-14-4-1-2-8-17-14/h1-2,4,8,13,15,18H,3,5-7,9-12H2,(H,19,21)/t15-/m0/s1. The highest BCUT2D eigenvalue weighted by molar-refractivity contribution is 5.82. The van der Waals surface area contributed by atoms with Gasteiger partial charge in [0.25, 0.3) is 0 Å². The summed E-state index contributed by atoms with van der Waals surface area (Å²) in [5.41, 5.74) is 1.12. The summed E-state index contributed by atoms with van der Waals surface area (Å²) in [6.45, 7) is 3.94. The largest absolute Gasteiger partial charge is 0.352 e. The molecule has 3 heterocycles. The second-order valence-electron chi connectivity index (χ2n) is 6.03. The molecule has 1 aromatic rings. The summed E-state index contributed by atoms with van der Waals surface area (Å²) in [5, 5.41) is 6.46. The average Bonchev–Trinajstić information content (AvgIpc) is 3.05. The molecular weight excluding hydrogens is 264 g/mol. The van der Waals surface area contributed by atoms with Crippen LogP contribution in [0.3, 0.4) is 0 Å². The zero-order valence-corrected chi connectivity index (χ0v) is 12.4. The summed E-state index contributed by atoms with van der Waals surface area (Å²) in [6.07, 6.45) is 6.00. The van der Waals surface area contributed by atoms with Gasteiger partial charge in [-0.2, -0.15) is 0 Å². The number of pyridine rings is 1. The van der Waals surface area contributed by atoms with Gasteiger partial charge in [0.1, 0.15) is 0 Å². The van der Waals surface area contributed by atoms with Crippen molar-refractivity contribution in [2.75, 3.05) is 19.6 Å². The molecule has 21 heavy (non-hydrogen) atoms. The van der Waals surface area contributed by atoms with Crippen LogP contribution in [-0.4, -0.2) is 47.5 Å². The molecule has 0 radical (unpaired) electrons. The Morgan fingerprint density at radius 1 is 1.33 bits per heavy atom. The third-order valence-electron chi connectivity index (χ3n) is 4.42. The maximum absolute atomic E-state index is 12.1. The van der Waals surface area contributed by atoms with E-state index in [9.17, 15) is 4.79 Å². The van der Waals surface area contributed by atoms with Crippen LogP contribution in [0.2, 0.25) is 0 Å². The number of carbonyl (C=O) groups is 1. The smallest absolute Gasteiger partial charge is 0.237 e. The normalized spacial score (nSPS) is 24.1. The number of piperidine rings is 1. The van der Waals surface area contributed by atoms with Crippen molar-refractivity contribution in [1.82, 2.24) is 20.5 Å². The van der Waals surface area contributed by atoms with Crippen molar-refractivity contribution < 1.29 is 4.79 Å². The van der Waals surface area contributed by atoms with Gasteiger partial charge >= 0.3 is 0 Å². The van der Waals surface area contributed by atoms with Crippen LogP contribution in [0, 0.1) is 0 Å². The molecule has 1 amide bonds. The van der Waals surface area contributed by atoms with Gasteiger partial charge in [-0.3, -0.25) is 14.7 Å².